The first-order chi connectivity index (χ1) is 21.0. The van der Waals surface area contributed by atoms with Gasteiger partial charge < -0.3 is 10.5 Å². The van der Waals surface area contributed by atoms with E-state index in [1.54, 1.807) is 13.8 Å². The smallest absolute Gasteiger partial charge is 0.416 e. The lowest BCUT2D eigenvalue weighted by Gasteiger charge is -2.41. The highest BCUT2D eigenvalue weighted by atomic mass is 19.4. The quantitative estimate of drug-likeness (QED) is 0.257. The van der Waals surface area contributed by atoms with Gasteiger partial charge in [0.2, 0.25) is 0 Å². The van der Waals surface area contributed by atoms with Gasteiger partial charge in [0.1, 0.15) is 5.82 Å². The molecule has 3 atom stereocenters. The van der Waals surface area contributed by atoms with Crippen LogP contribution in [0.1, 0.15) is 78.0 Å². The van der Waals surface area contributed by atoms with Gasteiger partial charge in [0.05, 0.1) is 35.0 Å². The number of carbonyl (C=O) groups is 1. The lowest BCUT2D eigenvalue weighted by atomic mass is 9.87. The van der Waals surface area contributed by atoms with Crippen LogP contribution in [0.25, 0.3) is 0 Å². The summed E-state index contributed by atoms with van der Waals surface area (Å²) in [5.74, 6) is -0.256. The average Bonchev–Trinajstić information content (AvgIpc) is 2.97. The van der Waals surface area contributed by atoms with Crippen LogP contribution in [-0.2, 0) is 29.8 Å². The molecule has 1 aliphatic rings. The van der Waals surface area contributed by atoms with Gasteiger partial charge in [-0.25, -0.2) is 14.8 Å². The van der Waals surface area contributed by atoms with Crippen molar-refractivity contribution in [2.24, 2.45) is 5.73 Å². The lowest BCUT2D eigenvalue weighted by molar-refractivity contribution is -0.143. The average molecular weight is 650 g/mol. The van der Waals surface area contributed by atoms with Crippen LogP contribution < -0.4 is 16.0 Å². The van der Waals surface area contributed by atoms with E-state index in [0.717, 1.165) is 18.2 Å². The second kappa shape index (κ2) is 12.8. The number of aromatic nitrogens is 2. The summed E-state index contributed by atoms with van der Waals surface area (Å²) in [6, 6.07) is 0.260. The summed E-state index contributed by atoms with van der Waals surface area (Å²) in [5.41, 5.74) is 1.15. The summed E-state index contributed by atoms with van der Waals surface area (Å²) >= 11 is 0. The van der Waals surface area contributed by atoms with Crippen LogP contribution in [0.5, 0.6) is 0 Å². The third kappa shape index (κ3) is 7.49. The molecule has 1 unspecified atom stereocenters. The molecule has 2 aromatic carbocycles. The third-order valence-corrected chi connectivity index (χ3v) is 7.33. The van der Waals surface area contributed by atoms with Crippen LogP contribution in [0.15, 0.2) is 48.8 Å². The maximum absolute atomic E-state index is 13.8. The molecule has 0 aliphatic carbocycles. The normalized spacial score (nSPS) is 18.0. The molecule has 3 aromatic rings. The highest BCUT2D eigenvalue weighted by Crippen LogP contribution is 2.44. The second-order valence-corrected chi connectivity index (χ2v) is 10.3. The Bertz CT molecular complexity index is 1480. The summed E-state index contributed by atoms with van der Waals surface area (Å²) in [6.45, 7) is 3.21. The number of nitrogens with one attached hydrogen (secondary N) is 1. The summed E-state index contributed by atoms with van der Waals surface area (Å²) in [5, 5.41) is 2.94. The Morgan fingerprint density at radius 1 is 0.933 bits per heavy atom. The number of nitrogens with zero attached hydrogens (tertiary/aromatic N) is 3. The summed E-state index contributed by atoms with van der Waals surface area (Å²) in [4.78, 5) is 22.4. The molecule has 16 heteroatoms. The molecule has 1 aliphatic heterocycles. The van der Waals surface area contributed by atoms with Crippen molar-refractivity contribution in [3.63, 3.8) is 0 Å². The van der Waals surface area contributed by atoms with Gasteiger partial charge in [-0.2, -0.15) is 39.5 Å². The Morgan fingerprint density at radius 2 is 1.51 bits per heavy atom. The molecule has 244 valence electrons. The van der Waals surface area contributed by atoms with E-state index in [4.69, 9.17) is 10.5 Å². The molecule has 7 nitrogen and oxygen atoms in total. The maximum atomic E-state index is 13.8. The Morgan fingerprint density at radius 3 is 2.00 bits per heavy atom. The molecular weight excluding hydrogens is 621 g/mol. The van der Waals surface area contributed by atoms with Crippen LogP contribution in [0, 0.1) is 0 Å². The maximum Gasteiger partial charge on any atom is 0.416 e. The molecule has 0 saturated carbocycles. The number of halogens is 9. The van der Waals surface area contributed by atoms with Gasteiger partial charge in [0.15, 0.2) is 0 Å². The zero-order chi connectivity index (χ0) is 33.3. The van der Waals surface area contributed by atoms with Crippen LogP contribution in [0.2, 0.25) is 0 Å². The number of amides is 1. The molecule has 3 N–H and O–H groups in total. The monoisotopic (exact) mass is 649 g/mol. The number of rotatable bonds is 7. The summed E-state index contributed by atoms with van der Waals surface area (Å²) in [6.07, 6.45) is -13.3. The Hall–Kier alpha value is -3.92. The van der Waals surface area contributed by atoms with E-state index in [1.165, 1.54) is 17.3 Å². The fraction of sp³-hybridized carbons (Fsp3) is 0.414. The summed E-state index contributed by atoms with van der Waals surface area (Å²) < 4.78 is 129. The number of anilines is 1. The molecule has 0 bridgehead atoms. The molecule has 45 heavy (non-hydrogen) atoms. The largest absolute Gasteiger partial charge is 0.449 e. The first-order valence-corrected chi connectivity index (χ1v) is 13.7. The molecule has 0 saturated heterocycles. The fourth-order valence-corrected chi connectivity index (χ4v) is 5.16. The van der Waals surface area contributed by atoms with E-state index < -0.39 is 65.0 Å². The van der Waals surface area contributed by atoms with E-state index >= 15 is 0 Å². The fourth-order valence-electron chi connectivity index (χ4n) is 5.16. The number of alkyl halides is 9. The molecular formula is C29H28F9N5O2. The van der Waals surface area contributed by atoms with Crippen molar-refractivity contribution >= 4 is 11.8 Å². The predicted octanol–water partition coefficient (Wildman–Crippen LogP) is 7.56. The number of benzene rings is 2. The van der Waals surface area contributed by atoms with Crippen molar-refractivity contribution in [2.75, 3.05) is 11.5 Å². The van der Waals surface area contributed by atoms with Crippen LogP contribution in [0.3, 0.4) is 0 Å². The standard InChI is InChI=1S/C29H28F9N5O2/c1-3-20-11-22(21-10-17(27(30,31)32)5-6-23(21)43(20)26(44)45-4-2)42-24(25-40-13-15(12-39)14-41-25)16-7-18(28(33,34)35)9-19(8-16)29(36,37)38/h5-10,13-14,20,22,24,42H,3-4,11-12,39H2,1-2H3/t20-,22+,24?/m1/s1. The minimum Gasteiger partial charge on any atom is -0.449 e. The van der Waals surface area contributed by atoms with Gasteiger partial charge >= 0.3 is 24.6 Å². The van der Waals surface area contributed by atoms with Crippen molar-refractivity contribution in [1.29, 1.82) is 0 Å². The van der Waals surface area contributed by atoms with Crippen LogP contribution in [0.4, 0.5) is 50.0 Å². The van der Waals surface area contributed by atoms with Gasteiger partial charge in [0.25, 0.3) is 0 Å². The highest BCUT2D eigenvalue weighted by molar-refractivity contribution is 5.90. The number of ether oxygens (including phenoxy) is 1. The molecule has 2 heterocycles. The van der Waals surface area contributed by atoms with E-state index in [0.29, 0.717) is 17.7 Å². The summed E-state index contributed by atoms with van der Waals surface area (Å²) in [7, 11) is 0. The minimum atomic E-state index is -5.17. The van der Waals surface area contributed by atoms with Crippen LogP contribution >= 0.6 is 0 Å². The number of hydrogen-bond acceptors (Lipinski definition) is 6. The predicted molar refractivity (Wildman–Crippen MR) is 144 cm³/mol. The number of carbonyl (C=O) groups excluding carboxylic acids is 1. The number of fused-ring (bicyclic) bond motifs is 1. The lowest BCUT2D eigenvalue weighted by Crippen LogP contribution is -2.47. The first kappa shape index (κ1) is 34.0. The zero-order valence-corrected chi connectivity index (χ0v) is 23.8. The molecule has 0 radical (unpaired) electrons. The molecule has 4 rings (SSSR count). The van der Waals surface area contributed by atoms with Crippen molar-refractivity contribution in [1.82, 2.24) is 15.3 Å². The van der Waals surface area contributed by atoms with E-state index in [-0.39, 0.29) is 49.1 Å². The molecule has 1 aromatic heterocycles. The van der Waals surface area contributed by atoms with E-state index in [9.17, 15) is 44.3 Å². The van der Waals surface area contributed by atoms with E-state index in [2.05, 4.69) is 15.3 Å². The second-order valence-electron chi connectivity index (χ2n) is 10.3. The zero-order valence-electron chi connectivity index (χ0n) is 23.8. The van der Waals surface area contributed by atoms with Crippen molar-refractivity contribution in [3.05, 3.63) is 88.0 Å². The Kier molecular flexibility index (Phi) is 9.68. The van der Waals surface area contributed by atoms with Crippen molar-refractivity contribution in [2.45, 2.75) is 69.9 Å². The van der Waals surface area contributed by atoms with Gasteiger partial charge in [-0.3, -0.25) is 10.2 Å². The highest BCUT2D eigenvalue weighted by Gasteiger charge is 2.42. The number of hydrogen-bond donors (Lipinski definition) is 2. The Labute approximate surface area is 251 Å². The SMILES string of the molecule is CCOC(=O)N1c2ccc(C(F)(F)F)cc2[C@@H](NC(c2cc(C(F)(F)F)cc(C(F)(F)F)c2)c2ncc(CN)cn2)C[C@H]1CC. The molecule has 0 spiro atoms. The van der Waals surface area contributed by atoms with Gasteiger partial charge in [-0.1, -0.05) is 6.92 Å². The van der Waals surface area contributed by atoms with Crippen molar-refractivity contribution in [3.8, 4) is 0 Å². The van der Waals surface area contributed by atoms with Gasteiger partial charge in [-0.05, 0) is 67.3 Å². The van der Waals surface area contributed by atoms with E-state index in [1.807, 2.05) is 0 Å². The third-order valence-electron chi connectivity index (χ3n) is 7.33. The molecule has 0 fully saturated rings. The number of nitrogens with two attached hydrogens (primary N) is 1. The van der Waals surface area contributed by atoms with Crippen LogP contribution in [-0.4, -0.2) is 28.7 Å². The van der Waals surface area contributed by atoms with Crippen molar-refractivity contribution < 1.29 is 49.0 Å². The Balaban J connectivity index is 1.93. The topological polar surface area (TPSA) is 93.4 Å². The van der Waals surface area contributed by atoms with Gasteiger partial charge in [0, 0.05) is 36.6 Å². The van der Waals surface area contributed by atoms with Gasteiger partial charge in [-0.15, -0.1) is 0 Å². The minimum absolute atomic E-state index is 0.0156. The first-order valence-electron chi connectivity index (χ1n) is 13.7. The molecule has 1 amide bonds.